The zero-order valence-electron chi connectivity index (χ0n) is 10.0. The van der Waals surface area contributed by atoms with Gasteiger partial charge in [0.2, 0.25) is 5.75 Å². The Bertz CT molecular complexity index is 673. The smallest absolute Gasteiger partial charge is 0.311 e. The van der Waals surface area contributed by atoms with Gasteiger partial charge in [0.25, 0.3) is 0 Å². The second-order valence-corrected chi connectivity index (χ2v) is 4.20. The van der Waals surface area contributed by atoms with Crippen LogP contribution in [0.1, 0.15) is 5.69 Å². The Morgan fingerprint density at radius 1 is 1.40 bits per heavy atom. The molecule has 1 aromatic heterocycles. The predicted octanol–water partition coefficient (Wildman–Crippen LogP) is 2.72. The van der Waals surface area contributed by atoms with E-state index < -0.39 is 4.92 Å². The summed E-state index contributed by atoms with van der Waals surface area (Å²) in [6, 6.07) is 7.00. The second-order valence-electron chi connectivity index (χ2n) is 3.76. The number of benzene rings is 1. The lowest BCUT2D eigenvalue weighted by molar-refractivity contribution is -0.385. The van der Waals surface area contributed by atoms with Crippen molar-refractivity contribution in [2.45, 2.75) is 0 Å². The molecule has 102 valence electrons. The summed E-state index contributed by atoms with van der Waals surface area (Å²) in [6.07, 6.45) is 1.32. The van der Waals surface area contributed by atoms with E-state index in [0.717, 1.165) is 0 Å². The number of nitrogens with one attached hydrogen (secondary N) is 1. The van der Waals surface area contributed by atoms with Gasteiger partial charge < -0.3 is 10.5 Å². The minimum Gasteiger partial charge on any atom is -0.448 e. The molecule has 8 heteroatoms. The Labute approximate surface area is 118 Å². The first-order chi connectivity index (χ1) is 9.47. The van der Waals surface area contributed by atoms with E-state index in [1.807, 2.05) is 0 Å². The van der Waals surface area contributed by atoms with Gasteiger partial charge in [-0.1, -0.05) is 11.6 Å². The van der Waals surface area contributed by atoms with Gasteiger partial charge in [-0.05, 0) is 18.2 Å². The molecule has 2 rings (SSSR count). The molecule has 0 radical (unpaired) electrons. The SMILES string of the molecule is N=C(N)c1ccc(Oc2cc(Cl)ccc2[N+](=O)[O-])cn1. The summed E-state index contributed by atoms with van der Waals surface area (Å²) in [5.41, 5.74) is 5.36. The molecule has 3 N–H and O–H groups in total. The molecule has 0 aliphatic heterocycles. The van der Waals surface area contributed by atoms with E-state index in [9.17, 15) is 10.1 Å². The van der Waals surface area contributed by atoms with Crippen LogP contribution in [0.3, 0.4) is 0 Å². The lowest BCUT2D eigenvalue weighted by Crippen LogP contribution is -2.12. The first-order valence-electron chi connectivity index (χ1n) is 5.39. The van der Waals surface area contributed by atoms with Crippen molar-refractivity contribution in [3.63, 3.8) is 0 Å². The number of nitrogens with zero attached hydrogens (tertiary/aromatic N) is 2. The Hall–Kier alpha value is -2.67. The maximum Gasteiger partial charge on any atom is 0.311 e. The quantitative estimate of drug-likeness (QED) is 0.389. The zero-order chi connectivity index (χ0) is 14.7. The fourth-order valence-corrected chi connectivity index (χ4v) is 1.61. The second kappa shape index (κ2) is 5.54. The van der Waals surface area contributed by atoms with Gasteiger partial charge in [-0.15, -0.1) is 0 Å². The van der Waals surface area contributed by atoms with E-state index in [0.29, 0.717) is 5.02 Å². The molecule has 0 fully saturated rings. The lowest BCUT2D eigenvalue weighted by Gasteiger charge is -2.06. The predicted molar refractivity (Wildman–Crippen MR) is 73.4 cm³/mol. The zero-order valence-corrected chi connectivity index (χ0v) is 10.8. The van der Waals surface area contributed by atoms with Crippen molar-refractivity contribution < 1.29 is 9.66 Å². The summed E-state index contributed by atoms with van der Waals surface area (Å²) in [6.45, 7) is 0. The van der Waals surface area contributed by atoms with E-state index in [1.54, 1.807) is 0 Å². The number of nitrogens with two attached hydrogens (primary N) is 1. The Morgan fingerprint density at radius 2 is 2.15 bits per heavy atom. The van der Waals surface area contributed by atoms with Gasteiger partial charge in [-0.2, -0.15) is 0 Å². The first kappa shape index (κ1) is 13.8. The normalized spacial score (nSPS) is 10.1. The molecule has 20 heavy (non-hydrogen) atoms. The van der Waals surface area contributed by atoms with E-state index in [2.05, 4.69) is 4.98 Å². The number of nitro benzene ring substituents is 1. The Kier molecular flexibility index (Phi) is 3.81. The largest absolute Gasteiger partial charge is 0.448 e. The van der Waals surface area contributed by atoms with Crippen molar-refractivity contribution in [2.24, 2.45) is 5.73 Å². The van der Waals surface area contributed by atoms with Gasteiger partial charge in [-0.3, -0.25) is 15.5 Å². The third-order valence-corrected chi connectivity index (χ3v) is 2.59. The summed E-state index contributed by atoms with van der Waals surface area (Å²) in [4.78, 5) is 14.2. The van der Waals surface area contributed by atoms with Crippen molar-refractivity contribution in [1.82, 2.24) is 4.98 Å². The maximum absolute atomic E-state index is 10.9. The monoisotopic (exact) mass is 292 g/mol. The number of halogens is 1. The Morgan fingerprint density at radius 3 is 2.70 bits per heavy atom. The van der Waals surface area contributed by atoms with Crippen molar-refractivity contribution in [3.8, 4) is 11.5 Å². The van der Waals surface area contributed by atoms with Crippen LogP contribution in [0.15, 0.2) is 36.5 Å². The van der Waals surface area contributed by atoms with Gasteiger partial charge in [0.05, 0.1) is 11.1 Å². The number of rotatable bonds is 4. The molecule has 1 heterocycles. The van der Waals surface area contributed by atoms with Gasteiger partial charge in [0.1, 0.15) is 17.3 Å². The highest BCUT2D eigenvalue weighted by atomic mass is 35.5. The lowest BCUT2D eigenvalue weighted by atomic mass is 10.3. The number of amidine groups is 1. The molecule has 7 nitrogen and oxygen atoms in total. The fraction of sp³-hybridized carbons (Fsp3) is 0. The molecule has 0 saturated heterocycles. The van der Waals surface area contributed by atoms with E-state index >= 15 is 0 Å². The van der Waals surface area contributed by atoms with Crippen LogP contribution >= 0.6 is 11.6 Å². The van der Waals surface area contributed by atoms with Gasteiger partial charge in [0, 0.05) is 17.2 Å². The molecular formula is C12H9ClN4O3. The molecule has 0 spiro atoms. The highest BCUT2D eigenvalue weighted by molar-refractivity contribution is 6.30. The van der Waals surface area contributed by atoms with Crippen LogP contribution in [-0.4, -0.2) is 15.7 Å². The van der Waals surface area contributed by atoms with Crippen molar-refractivity contribution in [3.05, 3.63) is 57.4 Å². The molecule has 0 atom stereocenters. The highest BCUT2D eigenvalue weighted by Crippen LogP contribution is 2.33. The number of hydrogen-bond donors (Lipinski definition) is 2. The number of ether oxygens (including phenoxy) is 1. The molecule has 0 bridgehead atoms. The van der Waals surface area contributed by atoms with Gasteiger partial charge in [-0.25, -0.2) is 4.98 Å². The average Bonchev–Trinajstić information content (AvgIpc) is 2.39. The van der Waals surface area contributed by atoms with Gasteiger partial charge in [0.15, 0.2) is 0 Å². The van der Waals surface area contributed by atoms with Crippen LogP contribution in [0.25, 0.3) is 0 Å². The highest BCUT2D eigenvalue weighted by Gasteiger charge is 2.16. The topological polar surface area (TPSA) is 115 Å². The summed E-state index contributed by atoms with van der Waals surface area (Å²) in [5.74, 6) is 0.116. The number of pyridine rings is 1. The third-order valence-electron chi connectivity index (χ3n) is 2.36. The van der Waals surface area contributed by atoms with Crippen molar-refractivity contribution in [2.75, 3.05) is 0 Å². The minimum absolute atomic E-state index is 0.0138. The molecule has 0 unspecified atom stereocenters. The van der Waals surface area contributed by atoms with Crippen LogP contribution in [0.5, 0.6) is 11.5 Å². The summed E-state index contributed by atoms with van der Waals surface area (Å²) in [5, 5.41) is 18.4. The summed E-state index contributed by atoms with van der Waals surface area (Å²) in [7, 11) is 0. The van der Waals surface area contributed by atoms with Crippen LogP contribution in [0.4, 0.5) is 5.69 Å². The molecule has 0 aliphatic carbocycles. The van der Waals surface area contributed by atoms with Crippen molar-refractivity contribution in [1.29, 1.82) is 5.41 Å². The number of aromatic nitrogens is 1. The average molecular weight is 293 g/mol. The van der Waals surface area contributed by atoms with Crippen molar-refractivity contribution >= 4 is 23.1 Å². The van der Waals surface area contributed by atoms with Crippen LogP contribution in [0, 0.1) is 15.5 Å². The molecule has 1 aromatic carbocycles. The molecule has 0 aliphatic rings. The molecule has 2 aromatic rings. The number of nitro groups is 1. The Balaban J connectivity index is 2.31. The molecule has 0 amide bonds. The standard InChI is InChI=1S/C12H9ClN4O3/c13-7-1-4-10(17(18)19)11(5-7)20-8-2-3-9(12(14)15)16-6-8/h1-6H,(H3,14,15). The fourth-order valence-electron chi connectivity index (χ4n) is 1.45. The van der Waals surface area contributed by atoms with E-state index in [-0.39, 0.29) is 28.7 Å². The summed E-state index contributed by atoms with van der Waals surface area (Å²) >= 11 is 5.79. The summed E-state index contributed by atoms with van der Waals surface area (Å²) < 4.78 is 5.39. The molecular weight excluding hydrogens is 284 g/mol. The number of nitrogen functional groups attached to an aromatic ring is 1. The van der Waals surface area contributed by atoms with Gasteiger partial charge >= 0.3 is 5.69 Å². The van der Waals surface area contributed by atoms with E-state index in [4.69, 9.17) is 27.5 Å². The number of hydrogen-bond acceptors (Lipinski definition) is 5. The maximum atomic E-state index is 10.9. The molecule has 0 saturated carbocycles. The van der Waals surface area contributed by atoms with E-state index in [1.165, 1.54) is 36.5 Å². The third kappa shape index (κ3) is 3.01. The van der Waals surface area contributed by atoms with Crippen LogP contribution in [0.2, 0.25) is 5.02 Å². The van der Waals surface area contributed by atoms with Crippen LogP contribution < -0.4 is 10.5 Å². The minimum atomic E-state index is -0.566. The van der Waals surface area contributed by atoms with Crippen LogP contribution in [-0.2, 0) is 0 Å². The first-order valence-corrected chi connectivity index (χ1v) is 5.77.